The molecule has 0 saturated heterocycles. The molecular formula is C28H27FN2O2. The molecule has 1 heterocycles. The standard InChI is InChI=1S/C28H27FN2O2/c1-17-9-14-23(18(2)15-17)24-25(30-21-8-6-7-20(29)16-21)27(33)31(26(24)32)22-12-10-19(11-13-22)28(3,4)5/h6-16,30H,1-5H3. The molecule has 0 atom stereocenters. The number of imide groups is 1. The molecule has 0 saturated carbocycles. The minimum absolute atomic E-state index is 0.0515. The minimum atomic E-state index is -0.470. The fourth-order valence-corrected chi connectivity index (χ4v) is 4.05. The Morgan fingerprint density at radius 3 is 2.15 bits per heavy atom. The van der Waals surface area contributed by atoms with E-state index in [1.165, 1.54) is 17.0 Å². The van der Waals surface area contributed by atoms with Gasteiger partial charge in [0, 0.05) is 5.69 Å². The van der Waals surface area contributed by atoms with E-state index in [1.54, 1.807) is 24.3 Å². The van der Waals surface area contributed by atoms with Gasteiger partial charge in [-0.3, -0.25) is 9.59 Å². The summed E-state index contributed by atoms with van der Waals surface area (Å²) in [5.74, 6) is -1.31. The van der Waals surface area contributed by atoms with Crippen LogP contribution in [0.3, 0.4) is 0 Å². The van der Waals surface area contributed by atoms with E-state index in [2.05, 4.69) is 26.1 Å². The van der Waals surface area contributed by atoms with Gasteiger partial charge in [0.25, 0.3) is 11.8 Å². The number of halogens is 1. The summed E-state index contributed by atoms with van der Waals surface area (Å²) in [7, 11) is 0. The van der Waals surface area contributed by atoms with E-state index in [0.29, 0.717) is 16.9 Å². The van der Waals surface area contributed by atoms with Crippen LogP contribution < -0.4 is 10.2 Å². The van der Waals surface area contributed by atoms with Crippen molar-refractivity contribution in [1.82, 2.24) is 0 Å². The average Bonchev–Trinajstić information content (AvgIpc) is 2.97. The highest BCUT2D eigenvalue weighted by Crippen LogP contribution is 2.36. The predicted octanol–water partition coefficient (Wildman–Crippen LogP) is 6.14. The fraction of sp³-hybridized carbons (Fsp3) is 0.214. The molecule has 33 heavy (non-hydrogen) atoms. The molecule has 5 heteroatoms. The summed E-state index contributed by atoms with van der Waals surface area (Å²) in [4.78, 5) is 28.4. The molecule has 0 aliphatic carbocycles. The Morgan fingerprint density at radius 2 is 1.55 bits per heavy atom. The molecule has 3 aromatic carbocycles. The van der Waals surface area contributed by atoms with Crippen LogP contribution in [0.4, 0.5) is 15.8 Å². The van der Waals surface area contributed by atoms with Crippen LogP contribution in [-0.4, -0.2) is 11.8 Å². The number of nitrogens with zero attached hydrogens (tertiary/aromatic N) is 1. The van der Waals surface area contributed by atoms with E-state index in [4.69, 9.17) is 0 Å². The lowest BCUT2D eigenvalue weighted by Crippen LogP contribution is -2.32. The van der Waals surface area contributed by atoms with Crippen molar-refractivity contribution in [2.75, 3.05) is 10.2 Å². The molecule has 1 aliphatic rings. The molecule has 2 amide bonds. The van der Waals surface area contributed by atoms with Gasteiger partial charge < -0.3 is 5.32 Å². The summed E-state index contributed by atoms with van der Waals surface area (Å²) in [6, 6.07) is 19.0. The summed E-state index contributed by atoms with van der Waals surface area (Å²) in [5.41, 5.74) is 4.98. The molecule has 0 fully saturated rings. The Labute approximate surface area is 193 Å². The van der Waals surface area contributed by atoms with Crippen molar-refractivity contribution >= 4 is 28.8 Å². The molecule has 0 spiro atoms. The van der Waals surface area contributed by atoms with Gasteiger partial charge >= 0.3 is 0 Å². The first-order valence-corrected chi connectivity index (χ1v) is 10.9. The van der Waals surface area contributed by atoms with Gasteiger partial charge in [0.1, 0.15) is 11.5 Å². The first kappa shape index (κ1) is 22.5. The van der Waals surface area contributed by atoms with Crippen molar-refractivity contribution in [3.05, 3.63) is 100 Å². The molecule has 0 bridgehead atoms. The quantitative estimate of drug-likeness (QED) is 0.494. The van der Waals surface area contributed by atoms with Gasteiger partial charge in [0.15, 0.2) is 0 Å². The third-order valence-corrected chi connectivity index (χ3v) is 5.82. The van der Waals surface area contributed by atoms with Crippen LogP contribution in [0.15, 0.2) is 72.4 Å². The highest BCUT2D eigenvalue weighted by molar-refractivity contribution is 6.46. The first-order chi connectivity index (χ1) is 15.6. The van der Waals surface area contributed by atoms with Crippen LogP contribution in [0.5, 0.6) is 0 Å². The zero-order valence-corrected chi connectivity index (χ0v) is 19.5. The first-order valence-electron chi connectivity index (χ1n) is 10.9. The van der Waals surface area contributed by atoms with Gasteiger partial charge in [0.05, 0.1) is 11.3 Å². The van der Waals surface area contributed by atoms with E-state index in [9.17, 15) is 14.0 Å². The zero-order valence-electron chi connectivity index (χ0n) is 19.5. The molecule has 1 N–H and O–H groups in total. The third-order valence-electron chi connectivity index (χ3n) is 5.82. The smallest absolute Gasteiger partial charge is 0.282 e. The topological polar surface area (TPSA) is 49.4 Å². The molecule has 0 radical (unpaired) electrons. The fourth-order valence-electron chi connectivity index (χ4n) is 4.05. The number of carbonyl (C=O) groups is 2. The Bertz CT molecular complexity index is 1280. The molecule has 4 nitrogen and oxygen atoms in total. The lowest BCUT2D eigenvalue weighted by Gasteiger charge is -2.21. The lowest BCUT2D eigenvalue weighted by atomic mass is 9.87. The van der Waals surface area contributed by atoms with Crippen LogP contribution in [0.25, 0.3) is 5.57 Å². The minimum Gasteiger partial charge on any atom is -0.350 e. The second-order valence-corrected chi connectivity index (χ2v) is 9.45. The predicted molar refractivity (Wildman–Crippen MR) is 130 cm³/mol. The normalized spacial score (nSPS) is 14.3. The van der Waals surface area contributed by atoms with Gasteiger partial charge in [-0.15, -0.1) is 0 Å². The number of hydrogen-bond donors (Lipinski definition) is 1. The highest BCUT2D eigenvalue weighted by Gasteiger charge is 2.40. The Balaban J connectivity index is 1.82. The largest absolute Gasteiger partial charge is 0.350 e. The average molecular weight is 443 g/mol. The van der Waals surface area contributed by atoms with Gasteiger partial charge in [-0.25, -0.2) is 9.29 Å². The van der Waals surface area contributed by atoms with Crippen molar-refractivity contribution in [3.8, 4) is 0 Å². The number of carbonyl (C=O) groups excluding carboxylic acids is 2. The summed E-state index contributed by atoms with van der Waals surface area (Å²) in [5, 5.41) is 3.02. The van der Waals surface area contributed by atoms with Crippen LogP contribution >= 0.6 is 0 Å². The second kappa shape index (κ2) is 8.32. The molecular weight excluding hydrogens is 415 g/mol. The molecule has 3 aromatic rings. The van der Waals surface area contributed by atoms with Gasteiger partial charge in [-0.1, -0.05) is 62.7 Å². The number of rotatable bonds is 4. The maximum Gasteiger partial charge on any atom is 0.282 e. The lowest BCUT2D eigenvalue weighted by molar-refractivity contribution is -0.120. The maximum atomic E-state index is 13.8. The Hall–Kier alpha value is -3.73. The van der Waals surface area contributed by atoms with Crippen molar-refractivity contribution in [1.29, 1.82) is 0 Å². The molecule has 0 aromatic heterocycles. The maximum absolute atomic E-state index is 13.8. The van der Waals surface area contributed by atoms with Gasteiger partial charge in [0.2, 0.25) is 0 Å². The van der Waals surface area contributed by atoms with Crippen LogP contribution in [0, 0.1) is 19.7 Å². The second-order valence-electron chi connectivity index (χ2n) is 9.45. The highest BCUT2D eigenvalue weighted by atomic mass is 19.1. The monoisotopic (exact) mass is 442 g/mol. The number of aryl methyl sites for hydroxylation is 2. The number of benzene rings is 3. The molecule has 1 aliphatic heterocycles. The molecule has 168 valence electrons. The van der Waals surface area contributed by atoms with Crippen LogP contribution in [-0.2, 0) is 15.0 Å². The van der Waals surface area contributed by atoms with Crippen LogP contribution in [0.1, 0.15) is 43.0 Å². The van der Waals surface area contributed by atoms with Crippen molar-refractivity contribution < 1.29 is 14.0 Å². The van der Waals surface area contributed by atoms with Gasteiger partial charge in [-0.2, -0.15) is 0 Å². The van der Waals surface area contributed by atoms with Crippen LogP contribution in [0.2, 0.25) is 0 Å². The number of nitrogens with one attached hydrogen (secondary N) is 1. The van der Waals surface area contributed by atoms with E-state index in [1.807, 2.05) is 44.2 Å². The third kappa shape index (κ3) is 4.31. The van der Waals surface area contributed by atoms with E-state index in [0.717, 1.165) is 16.7 Å². The van der Waals surface area contributed by atoms with Crippen molar-refractivity contribution in [2.45, 2.75) is 40.0 Å². The molecule has 0 unspecified atom stereocenters. The molecule has 4 rings (SSSR count). The number of amides is 2. The van der Waals surface area contributed by atoms with Crippen molar-refractivity contribution in [3.63, 3.8) is 0 Å². The van der Waals surface area contributed by atoms with E-state index < -0.39 is 17.6 Å². The Kier molecular flexibility index (Phi) is 5.66. The Morgan fingerprint density at radius 1 is 0.848 bits per heavy atom. The van der Waals surface area contributed by atoms with E-state index >= 15 is 0 Å². The summed E-state index contributed by atoms with van der Waals surface area (Å²) >= 11 is 0. The summed E-state index contributed by atoms with van der Waals surface area (Å²) in [6.07, 6.45) is 0. The summed E-state index contributed by atoms with van der Waals surface area (Å²) < 4.78 is 13.8. The summed E-state index contributed by atoms with van der Waals surface area (Å²) in [6.45, 7) is 10.2. The van der Waals surface area contributed by atoms with Gasteiger partial charge in [-0.05, 0) is 66.3 Å². The van der Waals surface area contributed by atoms with E-state index in [-0.39, 0.29) is 16.7 Å². The number of anilines is 2. The number of hydrogen-bond acceptors (Lipinski definition) is 3. The SMILES string of the molecule is Cc1ccc(C2=C(Nc3cccc(F)c3)C(=O)N(c3ccc(C(C)(C)C)cc3)C2=O)c(C)c1. The zero-order chi connectivity index (χ0) is 23.9. The van der Waals surface area contributed by atoms with Crippen molar-refractivity contribution in [2.24, 2.45) is 0 Å².